The van der Waals surface area contributed by atoms with Gasteiger partial charge in [-0.3, -0.25) is 0 Å². The molecule has 0 aliphatic carbocycles. The predicted molar refractivity (Wildman–Crippen MR) is 79.2 cm³/mol. The molecule has 19 heavy (non-hydrogen) atoms. The monoisotopic (exact) mass is 264 g/mol. The molecule has 4 nitrogen and oxygen atoms in total. The fourth-order valence-corrected chi connectivity index (χ4v) is 2.70. The molecule has 1 aliphatic heterocycles. The highest BCUT2D eigenvalue weighted by molar-refractivity contribution is 5.02. The number of piperidine rings is 1. The fraction of sp³-hybridized carbons (Fsp3) is 0.800. The number of hydrogen-bond donors (Lipinski definition) is 1. The number of likely N-dealkylation sites (N-methyl/N-ethyl adjacent to an activating group) is 1. The van der Waals surface area contributed by atoms with Crippen molar-refractivity contribution in [2.75, 3.05) is 19.6 Å². The molecule has 0 spiro atoms. The van der Waals surface area contributed by atoms with E-state index in [1.807, 2.05) is 12.5 Å². The van der Waals surface area contributed by atoms with E-state index in [2.05, 4.69) is 47.5 Å². The molecule has 2 rings (SSSR count). The second-order valence-corrected chi connectivity index (χ2v) is 6.59. The Morgan fingerprint density at radius 1 is 1.42 bits per heavy atom. The number of imidazole rings is 1. The van der Waals surface area contributed by atoms with Crippen LogP contribution in [0.25, 0.3) is 0 Å². The molecule has 1 aromatic heterocycles. The van der Waals surface area contributed by atoms with Crippen LogP contribution >= 0.6 is 0 Å². The standard InChI is InChI=1S/C15H28N4/c1-5-18-8-6-7-13(11-18)19-12-16-9-14(19)10-17-15(2,3)4/h9,12-13,17H,5-8,10-11H2,1-4H3. The normalized spacial score (nSPS) is 21.8. The van der Waals surface area contributed by atoms with Crippen LogP contribution in [0.2, 0.25) is 0 Å². The van der Waals surface area contributed by atoms with Crippen molar-refractivity contribution in [3.8, 4) is 0 Å². The minimum absolute atomic E-state index is 0.150. The number of nitrogens with zero attached hydrogens (tertiary/aromatic N) is 3. The second-order valence-electron chi connectivity index (χ2n) is 6.59. The Hall–Kier alpha value is -0.870. The molecule has 0 amide bonds. The van der Waals surface area contributed by atoms with Crippen molar-refractivity contribution in [3.63, 3.8) is 0 Å². The van der Waals surface area contributed by atoms with Crippen molar-refractivity contribution in [1.82, 2.24) is 19.8 Å². The third-order valence-electron chi connectivity index (χ3n) is 3.87. The SMILES string of the molecule is CCN1CCCC(n2cncc2CNC(C)(C)C)C1. The van der Waals surface area contributed by atoms with Gasteiger partial charge in [0.25, 0.3) is 0 Å². The van der Waals surface area contributed by atoms with Crippen LogP contribution in [0.4, 0.5) is 0 Å². The lowest BCUT2D eigenvalue weighted by Gasteiger charge is -2.33. The molecule has 0 bridgehead atoms. The predicted octanol–water partition coefficient (Wildman–Crippen LogP) is 2.43. The summed E-state index contributed by atoms with van der Waals surface area (Å²) in [6, 6.07) is 0.591. The quantitative estimate of drug-likeness (QED) is 0.906. The van der Waals surface area contributed by atoms with Gasteiger partial charge < -0.3 is 14.8 Å². The molecule has 1 fully saturated rings. The first-order chi connectivity index (χ1) is 8.99. The first kappa shape index (κ1) is 14.5. The van der Waals surface area contributed by atoms with Crippen LogP contribution in [0.15, 0.2) is 12.5 Å². The van der Waals surface area contributed by atoms with E-state index in [1.165, 1.54) is 25.1 Å². The van der Waals surface area contributed by atoms with E-state index in [9.17, 15) is 0 Å². The summed E-state index contributed by atoms with van der Waals surface area (Å²) in [7, 11) is 0. The zero-order chi connectivity index (χ0) is 13.9. The minimum Gasteiger partial charge on any atom is -0.329 e. The molecule has 0 saturated carbocycles. The van der Waals surface area contributed by atoms with Crippen LogP contribution in [0.3, 0.4) is 0 Å². The molecule has 1 N–H and O–H groups in total. The van der Waals surface area contributed by atoms with Gasteiger partial charge in [0, 0.05) is 30.9 Å². The maximum absolute atomic E-state index is 4.35. The summed E-state index contributed by atoms with van der Waals surface area (Å²) < 4.78 is 2.38. The average molecular weight is 264 g/mol. The van der Waals surface area contributed by atoms with Gasteiger partial charge in [-0.25, -0.2) is 4.98 Å². The van der Waals surface area contributed by atoms with Crippen LogP contribution < -0.4 is 5.32 Å². The van der Waals surface area contributed by atoms with Gasteiger partial charge in [-0.1, -0.05) is 6.92 Å². The van der Waals surface area contributed by atoms with E-state index in [1.54, 1.807) is 0 Å². The fourth-order valence-electron chi connectivity index (χ4n) is 2.70. The van der Waals surface area contributed by atoms with Gasteiger partial charge in [0.05, 0.1) is 12.0 Å². The Bertz CT molecular complexity index is 391. The highest BCUT2D eigenvalue weighted by Crippen LogP contribution is 2.22. The van der Waals surface area contributed by atoms with Gasteiger partial charge in [0.1, 0.15) is 0 Å². The largest absolute Gasteiger partial charge is 0.329 e. The first-order valence-electron chi connectivity index (χ1n) is 7.47. The van der Waals surface area contributed by atoms with Crippen LogP contribution in [-0.4, -0.2) is 39.6 Å². The Balaban J connectivity index is 2.02. The second kappa shape index (κ2) is 6.06. The van der Waals surface area contributed by atoms with E-state index >= 15 is 0 Å². The van der Waals surface area contributed by atoms with Crippen molar-refractivity contribution in [2.45, 2.75) is 58.7 Å². The van der Waals surface area contributed by atoms with E-state index in [4.69, 9.17) is 0 Å². The molecule has 1 aliphatic rings. The molecule has 1 atom stereocenters. The van der Waals surface area contributed by atoms with Gasteiger partial charge in [-0.05, 0) is 46.7 Å². The van der Waals surface area contributed by atoms with Gasteiger partial charge in [0.2, 0.25) is 0 Å². The maximum Gasteiger partial charge on any atom is 0.0951 e. The topological polar surface area (TPSA) is 33.1 Å². The Morgan fingerprint density at radius 3 is 2.89 bits per heavy atom. The van der Waals surface area contributed by atoms with E-state index in [-0.39, 0.29) is 5.54 Å². The lowest BCUT2D eigenvalue weighted by atomic mass is 10.1. The summed E-state index contributed by atoms with van der Waals surface area (Å²) in [4.78, 5) is 6.89. The molecular weight excluding hydrogens is 236 g/mol. The van der Waals surface area contributed by atoms with Gasteiger partial charge in [-0.2, -0.15) is 0 Å². The first-order valence-corrected chi connectivity index (χ1v) is 7.47. The maximum atomic E-state index is 4.35. The third kappa shape index (κ3) is 4.05. The van der Waals surface area contributed by atoms with Crippen molar-refractivity contribution >= 4 is 0 Å². The molecule has 0 radical (unpaired) electrons. The van der Waals surface area contributed by atoms with E-state index < -0.39 is 0 Å². The smallest absolute Gasteiger partial charge is 0.0951 e. The molecule has 1 unspecified atom stereocenters. The highest BCUT2D eigenvalue weighted by atomic mass is 15.2. The van der Waals surface area contributed by atoms with Crippen molar-refractivity contribution in [3.05, 3.63) is 18.2 Å². The van der Waals surface area contributed by atoms with Crippen LogP contribution in [0.1, 0.15) is 52.3 Å². The lowest BCUT2D eigenvalue weighted by molar-refractivity contribution is 0.182. The van der Waals surface area contributed by atoms with E-state index in [0.717, 1.165) is 19.6 Å². The lowest BCUT2D eigenvalue weighted by Crippen LogP contribution is -2.38. The molecular formula is C15H28N4. The number of hydrogen-bond acceptors (Lipinski definition) is 3. The summed E-state index contributed by atoms with van der Waals surface area (Å²) in [6.45, 7) is 13.3. The summed E-state index contributed by atoms with van der Waals surface area (Å²) in [5.74, 6) is 0. The Kier molecular flexibility index (Phi) is 4.63. The number of likely N-dealkylation sites (tertiary alicyclic amines) is 1. The summed E-state index contributed by atoms with van der Waals surface area (Å²) in [6.07, 6.45) is 6.57. The van der Waals surface area contributed by atoms with Gasteiger partial charge in [0.15, 0.2) is 0 Å². The molecule has 1 aromatic rings. The van der Waals surface area contributed by atoms with Crippen LogP contribution in [0, 0.1) is 0 Å². The van der Waals surface area contributed by atoms with Gasteiger partial charge >= 0.3 is 0 Å². The van der Waals surface area contributed by atoms with Gasteiger partial charge in [-0.15, -0.1) is 0 Å². The van der Waals surface area contributed by atoms with Crippen LogP contribution in [0.5, 0.6) is 0 Å². The molecule has 4 heteroatoms. The van der Waals surface area contributed by atoms with E-state index in [0.29, 0.717) is 6.04 Å². The molecule has 2 heterocycles. The molecule has 1 saturated heterocycles. The Labute approximate surface area is 117 Å². The molecule has 108 valence electrons. The third-order valence-corrected chi connectivity index (χ3v) is 3.87. The van der Waals surface area contributed by atoms with Crippen molar-refractivity contribution in [1.29, 1.82) is 0 Å². The molecule has 0 aromatic carbocycles. The van der Waals surface area contributed by atoms with Crippen LogP contribution in [-0.2, 0) is 6.54 Å². The number of aromatic nitrogens is 2. The van der Waals surface area contributed by atoms with Crippen molar-refractivity contribution < 1.29 is 0 Å². The summed E-state index contributed by atoms with van der Waals surface area (Å²) in [5.41, 5.74) is 1.45. The summed E-state index contributed by atoms with van der Waals surface area (Å²) >= 11 is 0. The zero-order valence-corrected chi connectivity index (χ0v) is 12.8. The average Bonchev–Trinajstić information content (AvgIpc) is 2.84. The summed E-state index contributed by atoms with van der Waals surface area (Å²) in [5, 5.41) is 3.55. The van der Waals surface area contributed by atoms with Crippen molar-refractivity contribution in [2.24, 2.45) is 0 Å². The number of rotatable bonds is 4. The Morgan fingerprint density at radius 2 is 2.21 bits per heavy atom. The number of nitrogens with one attached hydrogen (secondary N) is 1. The highest BCUT2D eigenvalue weighted by Gasteiger charge is 2.22. The minimum atomic E-state index is 0.150. The zero-order valence-electron chi connectivity index (χ0n) is 12.8.